The zero-order valence-corrected chi connectivity index (χ0v) is 17.1. The highest BCUT2D eigenvalue weighted by molar-refractivity contribution is 6.30. The lowest BCUT2D eigenvalue weighted by molar-refractivity contribution is 0.381. The Kier molecular flexibility index (Phi) is 5.56. The molecule has 1 aliphatic heterocycles. The van der Waals surface area contributed by atoms with Crippen molar-refractivity contribution in [2.24, 2.45) is 4.99 Å². The van der Waals surface area contributed by atoms with Crippen LogP contribution in [0.1, 0.15) is 40.9 Å². The average Bonchev–Trinajstić information content (AvgIpc) is 2.75. The van der Waals surface area contributed by atoms with Crippen molar-refractivity contribution < 1.29 is 9.84 Å². The van der Waals surface area contributed by atoms with Gasteiger partial charge in [0.25, 0.3) is 0 Å². The van der Waals surface area contributed by atoms with E-state index < -0.39 is 0 Å². The van der Waals surface area contributed by atoms with Gasteiger partial charge in [-0.25, -0.2) is 0 Å². The number of aromatic hydroxyl groups is 1. The Morgan fingerprint density at radius 2 is 1.79 bits per heavy atom. The highest BCUT2D eigenvalue weighted by atomic mass is 35.5. The van der Waals surface area contributed by atoms with Crippen LogP contribution >= 0.6 is 11.6 Å². The van der Waals surface area contributed by atoms with Crippen LogP contribution in [0.25, 0.3) is 0 Å². The predicted octanol–water partition coefficient (Wildman–Crippen LogP) is 5.59. The first kappa shape index (κ1) is 19.5. The summed E-state index contributed by atoms with van der Waals surface area (Å²) in [5, 5.41) is 14.6. The second-order valence-electron chi connectivity index (χ2n) is 7.21. The maximum atomic E-state index is 10.5. The Labute approximate surface area is 175 Å². The fraction of sp³-hybridized carbons (Fsp3) is 0.208. The topological polar surface area (TPSA) is 53.9 Å². The quantitative estimate of drug-likeness (QED) is 0.594. The van der Waals surface area contributed by atoms with E-state index in [0.717, 1.165) is 28.2 Å². The van der Waals surface area contributed by atoms with Crippen molar-refractivity contribution >= 4 is 17.3 Å². The van der Waals surface area contributed by atoms with E-state index in [9.17, 15) is 5.11 Å². The molecule has 0 aliphatic carbocycles. The minimum atomic E-state index is -0.306. The fourth-order valence-corrected chi connectivity index (χ4v) is 3.86. The van der Waals surface area contributed by atoms with E-state index in [1.165, 1.54) is 5.56 Å². The Morgan fingerprint density at radius 3 is 2.55 bits per heavy atom. The highest BCUT2D eigenvalue weighted by Gasteiger charge is 2.29. The summed E-state index contributed by atoms with van der Waals surface area (Å²) in [6.45, 7) is 2.07. The van der Waals surface area contributed by atoms with Gasteiger partial charge in [0.05, 0.1) is 7.11 Å². The number of phenols is 1. The standard InChI is InChI=1S/C24H23ClN2O2/c1-15-7-9-16(10-8-15)20-14-21(19-13-17(25)11-12-22(19)28)27-24(26-20)18-5-3-4-6-23(18)29-2/h3-13,21,24,27-28H,14H2,1-2H3. The lowest BCUT2D eigenvalue weighted by atomic mass is 9.93. The number of aryl methyl sites for hydroxylation is 1. The molecule has 2 atom stereocenters. The number of aliphatic imine (C=N–C) groups is 1. The van der Waals surface area contributed by atoms with E-state index in [4.69, 9.17) is 21.3 Å². The molecule has 29 heavy (non-hydrogen) atoms. The monoisotopic (exact) mass is 406 g/mol. The first-order valence-electron chi connectivity index (χ1n) is 9.56. The van der Waals surface area contributed by atoms with Crippen LogP contribution in [0, 0.1) is 6.92 Å². The van der Waals surface area contributed by atoms with Crippen LogP contribution in [-0.4, -0.2) is 17.9 Å². The fourth-order valence-electron chi connectivity index (χ4n) is 3.68. The van der Waals surface area contributed by atoms with Crippen LogP contribution in [0.15, 0.2) is 71.7 Å². The van der Waals surface area contributed by atoms with Gasteiger partial charge in [0, 0.05) is 34.3 Å². The molecule has 148 valence electrons. The number of ether oxygens (including phenoxy) is 1. The van der Waals surface area contributed by atoms with Crippen LogP contribution in [0.5, 0.6) is 11.5 Å². The van der Waals surface area contributed by atoms with Crippen LogP contribution in [0.3, 0.4) is 0 Å². The van der Waals surface area contributed by atoms with Crippen molar-refractivity contribution in [1.29, 1.82) is 0 Å². The number of halogens is 1. The zero-order valence-electron chi connectivity index (χ0n) is 16.4. The van der Waals surface area contributed by atoms with E-state index in [1.807, 2.05) is 30.3 Å². The molecule has 5 heteroatoms. The number of benzene rings is 3. The molecule has 0 saturated heterocycles. The van der Waals surface area contributed by atoms with E-state index >= 15 is 0 Å². The van der Waals surface area contributed by atoms with Gasteiger partial charge in [0.15, 0.2) is 0 Å². The van der Waals surface area contributed by atoms with E-state index in [2.05, 4.69) is 36.5 Å². The molecular weight excluding hydrogens is 384 g/mol. The summed E-state index contributed by atoms with van der Waals surface area (Å²) in [5.41, 5.74) is 4.96. The maximum absolute atomic E-state index is 10.5. The van der Waals surface area contributed by atoms with E-state index in [-0.39, 0.29) is 18.0 Å². The molecule has 3 aromatic rings. The molecule has 0 radical (unpaired) electrons. The average molecular weight is 407 g/mol. The number of hydrogen-bond acceptors (Lipinski definition) is 4. The number of methoxy groups -OCH3 is 1. The van der Waals surface area contributed by atoms with Crippen molar-refractivity contribution in [3.05, 3.63) is 94.0 Å². The van der Waals surface area contributed by atoms with Crippen molar-refractivity contribution in [1.82, 2.24) is 5.32 Å². The predicted molar refractivity (Wildman–Crippen MR) is 117 cm³/mol. The molecule has 0 saturated carbocycles. The van der Waals surface area contributed by atoms with Gasteiger partial charge < -0.3 is 9.84 Å². The molecule has 2 unspecified atom stereocenters. The van der Waals surface area contributed by atoms with Gasteiger partial charge >= 0.3 is 0 Å². The number of nitrogens with zero attached hydrogens (tertiary/aromatic N) is 1. The molecule has 0 aromatic heterocycles. The minimum absolute atomic E-state index is 0.141. The second kappa shape index (κ2) is 8.27. The zero-order chi connectivity index (χ0) is 20.4. The number of para-hydroxylation sites is 1. The first-order chi connectivity index (χ1) is 14.0. The third-order valence-electron chi connectivity index (χ3n) is 5.22. The Bertz CT molecular complexity index is 1050. The van der Waals surface area contributed by atoms with Gasteiger partial charge in [-0.1, -0.05) is 59.6 Å². The largest absolute Gasteiger partial charge is 0.508 e. The minimum Gasteiger partial charge on any atom is -0.508 e. The van der Waals surface area contributed by atoms with E-state index in [1.54, 1.807) is 19.2 Å². The van der Waals surface area contributed by atoms with Gasteiger partial charge in [-0.2, -0.15) is 0 Å². The molecule has 1 aliphatic rings. The summed E-state index contributed by atoms with van der Waals surface area (Å²) in [5.74, 6) is 0.990. The van der Waals surface area contributed by atoms with Crippen LogP contribution in [-0.2, 0) is 0 Å². The molecule has 3 aromatic carbocycles. The molecule has 1 heterocycles. The van der Waals surface area contributed by atoms with Gasteiger partial charge in [0.1, 0.15) is 17.7 Å². The highest BCUT2D eigenvalue weighted by Crippen LogP contribution is 2.37. The van der Waals surface area contributed by atoms with Crippen molar-refractivity contribution in [2.45, 2.75) is 25.6 Å². The summed E-state index contributed by atoms with van der Waals surface area (Å²) < 4.78 is 5.56. The normalized spacial score (nSPS) is 18.9. The molecule has 4 nitrogen and oxygen atoms in total. The number of rotatable bonds is 4. The molecule has 0 bridgehead atoms. The first-order valence-corrected chi connectivity index (χ1v) is 9.94. The Balaban J connectivity index is 1.80. The number of hydrogen-bond donors (Lipinski definition) is 2. The lowest BCUT2D eigenvalue weighted by Crippen LogP contribution is -2.33. The molecule has 2 N–H and O–H groups in total. The van der Waals surface area contributed by atoms with Gasteiger partial charge in [-0.3, -0.25) is 10.3 Å². The van der Waals surface area contributed by atoms with Crippen molar-refractivity contribution in [2.75, 3.05) is 7.11 Å². The Morgan fingerprint density at radius 1 is 1.03 bits per heavy atom. The second-order valence-corrected chi connectivity index (χ2v) is 7.65. The molecule has 0 amide bonds. The third kappa shape index (κ3) is 4.14. The van der Waals surface area contributed by atoms with Crippen LogP contribution in [0.2, 0.25) is 5.02 Å². The summed E-state index contributed by atoms with van der Waals surface area (Å²) in [4.78, 5) is 5.00. The third-order valence-corrected chi connectivity index (χ3v) is 5.46. The van der Waals surface area contributed by atoms with Crippen molar-refractivity contribution in [3.8, 4) is 11.5 Å². The Hall–Kier alpha value is -2.82. The summed E-state index contributed by atoms with van der Waals surface area (Å²) in [7, 11) is 1.66. The molecule has 4 rings (SSSR count). The van der Waals surface area contributed by atoms with Gasteiger partial charge in [-0.15, -0.1) is 0 Å². The number of nitrogens with one attached hydrogen (secondary N) is 1. The summed E-state index contributed by atoms with van der Waals surface area (Å²) in [6.07, 6.45) is 0.336. The molecular formula is C24H23ClN2O2. The van der Waals surface area contributed by atoms with Crippen LogP contribution in [0.4, 0.5) is 0 Å². The SMILES string of the molecule is COc1ccccc1C1N=C(c2ccc(C)cc2)CC(c2cc(Cl)ccc2O)N1. The molecule has 0 fully saturated rings. The smallest absolute Gasteiger partial charge is 0.129 e. The van der Waals surface area contributed by atoms with Crippen molar-refractivity contribution in [3.63, 3.8) is 0 Å². The van der Waals surface area contributed by atoms with Gasteiger partial charge in [0.2, 0.25) is 0 Å². The van der Waals surface area contributed by atoms with E-state index in [0.29, 0.717) is 11.4 Å². The summed E-state index contributed by atoms with van der Waals surface area (Å²) >= 11 is 6.22. The number of phenolic OH excluding ortho intramolecular Hbond substituents is 1. The van der Waals surface area contributed by atoms with Gasteiger partial charge in [-0.05, 0) is 36.8 Å². The summed E-state index contributed by atoms with van der Waals surface area (Å²) in [6, 6.07) is 21.2. The van der Waals surface area contributed by atoms with Crippen LogP contribution < -0.4 is 10.1 Å². The molecule has 0 spiro atoms. The maximum Gasteiger partial charge on any atom is 0.129 e. The lowest BCUT2D eigenvalue weighted by Gasteiger charge is -2.31.